The number of carboxylic acid groups (broad SMARTS) is 1. The number of hydrogen-bond donors (Lipinski definition) is 2. The predicted molar refractivity (Wildman–Crippen MR) is 78.9 cm³/mol. The minimum absolute atomic E-state index is 0.0599. The van der Waals surface area contributed by atoms with Crippen LogP contribution < -0.4 is 5.73 Å². The van der Waals surface area contributed by atoms with E-state index in [4.69, 9.17) is 5.73 Å². The first kappa shape index (κ1) is 14.1. The summed E-state index contributed by atoms with van der Waals surface area (Å²) in [6, 6.07) is 4.01. The van der Waals surface area contributed by atoms with Crippen LogP contribution in [0.3, 0.4) is 0 Å². The van der Waals surface area contributed by atoms with E-state index in [0.717, 1.165) is 35.0 Å². The number of hydrogen-bond acceptors (Lipinski definition) is 2. The number of benzene rings is 1. The Bertz CT molecular complexity index is 708. The Balaban J connectivity index is 2.31. The van der Waals surface area contributed by atoms with Crippen LogP contribution in [0.2, 0.25) is 0 Å². The van der Waals surface area contributed by atoms with Crippen molar-refractivity contribution in [3.8, 4) is 0 Å². The number of carboxylic acids is 1. The van der Waals surface area contributed by atoms with Gasteiger partial charge in [-0.2, -0.15) is 0 Å². The number of halogens is 1. The van der Waals surface area contributed by atoms with Gasteiger partial charge in [0.25, 0.3) is 0 Å². The molecule has 0 aliphatic heterocycles. The van der Waals surface area contributed by atoms with Crippen molar-refractivity contribution in [2.45, 2.75) is 44.7 Å². The molecule has 0 saturated heterocycles. The topological polar surface area (TPSA) is 68.2 Å². The number of aliphatic carboxylic acids is 1. The van der Waals surface area contributed by atoms with E-state index in [1.165, 1.54) is 12.1 Å². The second kappa shape index (κ2) is 5.15. The van der Waals surface area contributed by atoms with Crippen molar-refractivity contribution in [1.29, 1.82) is 0 Å². The molecule has 0 spiro atoms. The summed E-state index contributed by atoms with van der Waals surface area (Å²) in [5.74, 6) is -1.15. The van der Waals surface area contributed by atoms with Crippen LogP contribution in [0.5, 0.6) is 0 Å². The number of rotatable bonds is 3. The maximum atomic E-state index is 13.6. The average molecular weight is 290 g/mol. The molecule has 112 valence electrons. The van der Waals surface area contributed by atoms with Gasteiger partial charge in [-0.15, -0.1) is 0 Å². The van der Waals surface area contributed by atoms with Crippen LogP contribution in [0, 0.1) is 5.82 Å². The quantitative estimate of drug-likeness (QED) is 0.913. The third kappa shape index (κ3) is 2.21. The largest absolute Gasteiger partial charge is 0.480 e. The van der Waals surface area contributed by atoms with Crippen LogP contribution >= 0.6 is 0 Å². The van der Waals surface area contributed by atoms with E-state index in [-0.39, 0.29) is 11.9 Å². The monoisotopic (exact) mass is 290 g/mol. The molecule has 5 heteroatoms. The molecule has 1 aromatic carbocycles. The van der Waals surface area contributed by atoms with Gasteiger partial charge in [-0.25, -0.2) is 9.18 Å². The zero-order chi connectivity index (χ0) is 15.1. The lowest BCUT2D eigenvalue weighted by Gasteiger charge is -2.23. The molecule has 1 aromatic heterocycles. The van der Waals surface area contributed by atoms with Crippen molar-refractivity contribution in [1.82, 2.24) is 4.57 Å². The van der Waals surface area contributed by atoms with E-state index in [0.29, 0.717) is 12.8 Å². The molecule has 3 N–H and O–H groups in total. The lowest BCUT2D eigenvalue weighted by atomic mass is 9.92. The Labute approximate surface area is 122 Å². The van der Waals surface area contributed by atoms with E-state index in [9.17, 15) is 14.3 Å². The Hall–Kier alpha value is -1.88. The van der Waals surface area contributed by atoms with E-state index >= 15 is 0 Å². The van der Waals surface area contributed by atoms with E-state index in [1.807, 2.05) is 11.5 Å². The summed E-state index contributed by atoms with van der Waals surface area (Å²) >= 11 is 0. The zero-order valence-corrected chi connectivity index (χ0v) is 12.0. The van der Waals surface area contributed by atoms with Crippen LogP contribution in [0.25, 0.3) is 10.9 Å². The molecule has 2 atom stereocenters. The van der Waals surface area contributed by atoms with Gasteiger partial charge >= 0.3 is 5.97 Å². The van der Waals surface area contributed by atoms with Gasteiger partial charge in [0.1, 0.15) is 11.9 Å². The first-order valence-electron chi connectivity index (χ1n) is 7.32. The van der Waals surface area contributed by atoms with Gasteiger partial charge in [0.05, 0.1) is 0 Å². The Kier molecular flexibility index (Phi) is 3.45. The standard InChI is InChI=1S/C16H19FN2O2/c1-2-13(16(20)21)19-14-5-3-9(17)7-11(14)12-8-10(18)4-6-15(12)19/h3,5,7,10,13H,2,4,6,8,18H2,1H3,(H,20,21)/t10-,13?/m1/s1. The fourth-order valence-electron chi connectivity index (χ4n) is 3.42. The third-order valence-corrected chi connectivity index (χ3v) is 4.38. The molecular weight excluding hydrogens is 271 g/mol. The Morgan fingerprint density at radius 2 is 2.33 bits per heavy atom. The number of carbonyl (C=O) groups is 1. The highest BCUT2D eigenvalue weighted by Crippen LogP contribution is 2.35. The summed E-state index contributed by atoms with van der Waals surface area (Å²) in [6.45, 7) is 1.86. The highest BCUT2D eigenvalue weighted by atomic mass is 19.1. The summed E-state index contributed by atoms with van der Waals surface area (Å²) in [6.07, 6.45) is 2.76. The van der Waals surface area contributed by atoms with Gasteiger partial charge in [-0.05, 0) is 49.4 Å². The van der Waals surface area contributed by atoms with Crippen molar-refractivity contribution in [2.24, 2.45) is 5.73 Å². The van der Waals surface area contributed by atoms with Gasteiger partial charge in [-0.3, -0.25) is 0 Å². The molecule has 0 radical (unpaired) electrons. The molecule has 21 heavy (non-hydrogen) atoms. The number of aromatic nitrogens is 1. The van der Waals surface area contributed by atoms with E-state index < -0.39 is 12.0 Å². The van der Waals surface area contributed by atoms with E-state index in [2.05, 4.69) is 0 Å². The molecule has 2 aromatic rings. The minimum atomic E-state index is -0.851. The summed E-state index contributed by atoms with van der Waals surface area (Å²) in [7, 11) is 0. The van der Waals surface area contributed by atoms with Crippen molar-refractivity contribution < 1.29 is 14.3 Å². The summed E-state index contributed by atoms with van der Waals surface area (Å²) < 4.78 is 15.5. The summed E-state index contributed by atoms with van der Waals surface area (Å²) in [4.78, 5) is 11.6. The number of nitrogens with two attached hydrogens (primary N) is 1. The lowest BCUT2D eigenvalue weighted by molar-refractivity contribution is -0.140. The number of nitrogens with zero attached hydrogens (tertiary/aromatic N) is 1. The predicted octanol–water partition coefficient (Wildman–Crippen LogP) is 2.63. The fraction of sp³-hybridized carbons (Fsp3) is 0.438. The van der Waals surface area contributed by atoms with Crippen molar-refractivity contribution in [3.63, 3.8) is 0 Å². The van der Waals surface area contributed by atoms with Crippen LogP contribution in [-0.2, 0) is 17.6 Å². The summed E-state index contributed by atoms with van der Waals surface area (Å²) in [5.41, 5.74) is 8.86. The number of fused-ring (bicyclic) bond motifs is 3. The van der Waals surface area contributed by atoms with Crippen LogP contribution in [0.15, 0.2) is 18.2 Å². The third-order valence-electron chi connectivity index (χ3n) is 4.38. The SMILES string of the molecule is CCC(C(=O)O)n1c2c(c3cc(F)ccc31)C[C@H](N)CC2. The van der Waals surface area contributed by atoms with Gasteiger partial charge in [0.2, 0.25) is 0 Å². The molecule has 0 fully saturated rings. The molecule has 1 heterocycles. The van der Waals surface area contributed by atoms with Gasteiger partial charge in [0, 0.05) is 22.6 Å². The summed E-state index contributed by atoms with van der Waals surface area (Å²) in [5, 5.41) is 10.3. The lowest BCUT2D eigenvalue weighted by Crippen LogP contribution is -2.29. The molecule has 4 nitrogen and oxygen atoms in total. The highest BCUT2D eigenvalue weighted by Gasteiger charge is 2.29. The van der Waals surface area contributed by atoms with Crippen LogP contribution in [0.1, 0.15) is 37.1 Å². The molecule has 0 bridgehead atoms. The molecule has 1 aliphatic carbocycles. The molecule has 0 amide bonds. The average Bonchev–Trinajstić information content (AvgIpc) is 2.73. The van der Waals surface area contributed by atoms with Gasteiger partial charge in [0.15, 0.2) is 0 Å². The second-order valence-electron chi connectivity index (χ2n) is 5.72. The molecule has 3 rings (SSSR count). The maximum absolute atomic E-state index is 13.6. The highest BCUT2D eigenvalue weighted by molar-refractivity contribution is 5.88. The normalized spacial score (nSPS) is 19.5. The van der Waals surface area contributed by atoms with Gasteiger partial charge in [-0.1, -0.05) is 6.92 Å². The van der Waals surface area contributed by atoms with E-state index in [1.54, 1.807) is 6.07 Å². The van der Waals surface area contributed by atoms with Crippen LogP contribution in [0.4, 0.5) is 4.39 Å². The Morgan fingerprint density at radius 3 is 3.00 bits per heavy atom. The molecule has 0 saturated carbocycles. The smallest absolute Gasteiger partial charge is 0.326 e. The fourth-order valence-corrected chi connectivity index (χ4v) is 3.42. The first-order chi connectivity index (χ1) is 10.0. The van der Waals surface area contributed by atoms with Crippen molar-refractivity contribution in [2.75, 3.05) is 0 Å². The van der Waals surface area contributed by atoms with Gasteiger partial charge < -0.3 is 15.4 Å². The van der Waals surface area contributed by atoms with Crippen molar-refractivity contribution in [3.05, 3.63) is 35.3 Å². The first-order valence-corrected chi connectivity index (χ1v) is 7.32. The molecule has 1 aliphatic rings. The zero-order valence-electron chi connectivity index (χ0n) is 12.0. The maximum Gasteiger partial charge on any atom is 0.326 e. The van der Waals surface area contributed by atoms with Crippen LogP contribution in [-0.4, -0.2) is 21.7 Å². The molecular formula is C16H19FN2O2. The Morgan fingerprint density at radius 1 is 1.57 bits per heavy atom. The second-order valence-corrected chi connectivity index (χ2v) is 5.72. The minimum Gasteiger partial charge on any atom is -0.480 e. The van der Waals surface area contributed by atoms with Crippen molar-refractivity contribution >= 4 is 16.9 Å². The molecule has 1 unspecified atom stereocenters.